The third-order valence-corrected chi connectivity index (χ3v) is 5.81. The Balaban J connectivity index is 2.33. The summed E-state index contributed by atoms with van der Waals surface area (Å²) in [6.07, 6.45) is 1.57. The summed E-state index contributed by atoms with van der Waals surface area (Å²) < 4.78 is 7.23. The Labute approximate surface area is 141 Å². The fourth-order valence-electron chi connectivity index (χ4n) is 2.19. The zero-order valence-corrected chi connectivity index (χ0v) is 15.8. The van der Waals surface area contributed by atoms with Gasteiger partial charge in [0.2, 0.25) is 5.91 Å². The molecule has 0 aliphatic carbocycles. The van der Waals surface area contributed by atoms with Crippen LogP contribution in [-0.2, 0) is 11.3 Å². The van der Waals surface area contributed by atoms with Gasteiger partial charge in [0.25, 0.3) is 0 Å². The lowest BCUT2D eigenvalue weighted by Gasteiger charge is -2.15. The number of hydrogen-bond donors (Lipinski definition) is 0. The summed E-state index contributed by atoms with van der Waals surface area (Å²) in [5.74, 6) is -0.157. The molecular formula is C15H20Cl2N2O2Si. The van der Waals surface area contributed by atoms with Crippen molar-refractivity contribution >= 4 is 48.2 Å². The highest BCUT2D eigenvalue weighted by Crippen LogP contribution is 2.34. The third kappa shape index (κ3) is 3.71. The Bertz CT molecular complexity index is 708. The average Bonchev–Trinajstić information content (AvgIpc) is 2.68. The Morgan fingerprint density at radius 1 is 1.36 bits per heavy atom. The summed E-state index contributed by atoms with van der Waals surface area (Å²) in [7, 11) is -1.15. The lowest BCUT2D eigenvalue weighted by molar-refractivity contribution is 0.0911. The van der Waals surface area contributed by atoms with Crippen molar-refractivity contribution in [3.63, 3.8) is 0 Å². The highest BCUT2D eigenvalue weighted by atomic mass is 35.5. The number of ether oxygens (including phenoxy) is 1. The van der Waals surface area contributed by atoms with Crippen LogP contribution in [0.3, 0.4) is 0 Å². The van der Waals surface area contributed by atoms with Crippen molar-refractivity contribution in [2.45, 2.75) is 39.2 Å². The number of carbonyl (C=O) groups is 1. The molecule has 2 heterocycles. The first-order chi connectivity index (χ1) is 10.2. The van der Waals surface area contributed by atoms with Crippen LogP contribution >= 0.6 is 23.2 Å². The van der Waals surface area contributed by atoms with Crippen LogP contribution in [-0.4, -0.2) is 30.1 Å². The molecule has 2 aromatic rings. The summed E-state index contributed by atoms with van der Waals surface area (Å²) in [5.41, 5.74) is 1.09. The number of hydrogen-bond acceptors (Lipinski definition) is 3. The van der Waals surface area contributed by atoms with Gasteiger partial charge in [-0.15, -0.1) is 0 Å². The fraction of sp³-hybridized carbons (Fsp3) is 0.467. The van der Waals surface area contributed by atoms with E-state index in [2.05, 4.69) is 24.6 Å². The lowest BCUT2D eigenvalue weighted by atomic mass is 10.3. The van der Waals surface area contributed by atoms with E-state index >= 15 is 0 Å². The standard InChI is InChI=1S/C15H20Cl2N2O2Si/c1-10(20)19-12(9-21-7-8-22(2,3)4)14(17)13-11(16)5-6-18-15(13)19/h5-6H,7-9H2,1-4H3. The van der Waals surface area contributed by atoms with E-state index in [0.29, 0.717) is 33.4 Å². The second-order valence-electron chi connectivity index (χ2n) is 6.47. The van der Waals surface area contributed by atoms with Crippen LogP contribution in [0.4, 0.5) is 0 Å². The molecule has 2 aromatic heterocycles. The van der Waals surface area contributed by atoms with Crippen LogP contribution < -0.4 is 0 Å². The molecule has 0 aliphatic rings. The molecule has 2 rings (SSSR count). The van der Waals surface area contributed by atoms with Gasteiger partial charge < -0.3 is 4.74 Å². The van der Waals surface area contributed by atoms with Crippen molar-refractivity contribution in [3.05, 3.63) is 28.0 Å². The number of halogens is 2. The molecule has 0 bridgehead atoms. The molecule has 0 N–H and O–H groups in total. The highest BCUT2D eigenvalue weighted by molar-refractivity contribution is 6.76. The maximum Gasteiger partial charge on any atom is 0.229 e. The molecular weight excluding hydrogens is 339 g/mol. The first-order valence-corrected chi connectivity index (χ1v) is 11.6. The first kappa shape index (κ1) is 17.5. The minimum atomic E-state index is -1.15. The quantitative estimate of drug-likeness (QED) is 0.566. The van der Waals surface area contributed by atoms with E-state index < -0.39 is 8.07 Å². The van der Waals surface area contributed by atoms with Gasteiger partial charge in [0.15, 0.2) is 0 Å². The molecule has 0 spiro atoms. The molecule has 7 heteroatoms. The van der Waals surface area contributed by atoms with Crippen LogP contribution in [0.2, 0.25) is 35.7 Å². The van der Waals surface area contributed by atoms with Crippen LogP contribution in [0.25, 0.3) is 11.0 Å². The molecule has 0 radical (unpaired) electrons. The van der Waals surface area contributed by atoms with Crippen molar-refractivity contribution in [1.82, 2.24) is 9.55 Å². The molecule has 0 amide bonds. The van der Waals surface area contributed by atoms with Gasteiger partial charge in [0.1, 0.15) is 5.65 Å². The first-order valence-electron chi connectivity index (χ1n) is 7.14. The minimum absolute atomic E-state index is 0.157. The van der Waals surface area contributed by atoms with E-state index in [-0.39, 0.29) is 12.5 Å². The zero-order chi connectivity index (χ0) is 16.5. The van der Waals surface area contributed by atoms with E-state index in [9.17, 15) is 4.79 Å². The predicted octanol–water partition coefficient (Wildman–Crippen LogP) is 4.86. The fourth-order valence-corrected chi connectivity index (χ4v) is 3.55. The molecule has 0 fully saturated rings. The van der Waals surface area contributed by atoms with Crippen molar-refractivity contribution < 1.29 is 9.53 Å². The number of carbonyl (C=O) groups excluding carboxylic acids is 1. The molecule has 4 nitrogen and oxygen atoms in total. The normalized spacial score (nSPS) is 12.1. The van der Waals surface area contributed by atoms with E-state index in [1.807, 2.05) is 0 Å². The maximum atomic E-state index is 12.0. The maximum absolute atomic E-state index is 12.0. The van der Waals surface area contributed by atoms with Gasteiger partial charge in [0.05, 0.1) is 27.7 Å². The molecule has 0 aliphatic heterocycles. The summed E-state index contributed by atoms with van der Waals surface area (Å²) in [6, 6.07) is 2.72. The molecule has 0 unspecified atom stereocenters. The summed E-state index contributed by atoms with van der Waals surface area (Å²) in [6.45, 7) is 9.28. The molecule has 0 aromatic carbocycles. The smallest absolute Gasteiger partial charge is 0.229 e. The average molecular weight is 359 g/mol. The number of aromatic nitrogens is 2. The monoisotopic (exact) mass is 358 g/mol. The van der Waals surface area contributed by atoms with E-state index in [1.165, 1.54) is 11.5 Å². The van der Waals surface area contributed by atoms with Crippen molar-refractivity contribution in [3.8, 4) is 0 Å². The largest absolute Gasteiger partial charge is 0.375 e. The lowest BCUT2D eigenvalue weighted by Crippen LogP contribution is -2.22. The minimum Gasteiger partial charge on any atom is -0.375 e. The molecule has 0 saturated carbocycles. The molecule has 120 valence electrons. The second kappa shape index (κ2) is 6.70. The van der Waals surface area contributed by atoms with E-state index in [4.69, 9.17) is 27.9 Å². The number of fused-ring (bicyclic) bond motifs is 1. The summed E-state index contributed by atoms with van der Waals surface area (Å²) in [4.78, 5) is 16.2. The number of nitrogens with zero attached hydrogens (tertiary/aromatic N) is 2. The van der Waals surface area contributed by atoms with Gasteiger partial charge in [-0.3, -0.25) is 9.36 Å². The van der Waals surface area contributed by atoms with Gasteiger partial charge in [-0.25, -0.2) is 4.98 Å². The Hall–Kier alpha value is -0.883. The predicted molar refractivity (Wildman–Crippen MR) is 93.9 cm³/mol. The van der Waals surface area contributed by atoms with Crippen molar-refractivity contribution in [2.24, 2.45) is 0 Å². The van der Waals surface area contributed by atoms with Crippen LogP contribution in [0.5, 0.6) is 0 Å². The van der Waals surface area contributed by atoms with Crippen LogP contribution in [0.1, 0.15) is 17.4 Å². The van der Waals surface area contributed by atoms with Crippen molar-refractivity contribution in [2.75, 3.05) is 6.61 Å². The SMILES string of the molecule is CC(=O)n1c(COCC[Si](C)(C)C)c(Cl)c2c(Cl)ccnc21. The van der Waals surface area contributed by atoms with Gasteiger partial charge in [-0.05, 0) is 12.1 Å². The molecule has 0 saturated heterocycles. The zero-order valence-electron chi connectivity index (χ0n) is 13.2. The topological polar surface area (TPSA) is 44.1 Å². The molecule has 0 atom stereocenters. The van der Waals surface area contributed by atoms with Crippen molar-refractivity contribution in [1.29, 1.82) is 0 Å². The van der Waals surface area contributed by atoms with Gasteiger partial charge in [-0.2, -0.15) is 0 Å². The second-order valence-corrected chi connectivity index (χ2v) is 12.9. The molecule has 22 heavy (non-hydrogen) atoms. The highest BCUT2D eigenvalue weighted by Gasteiger charge is 2.21. The van der Waals surface area contributed by atoms with Crippen LogP contribution in [0.15, 0.2) is 12.3 Å². The number of rotatable bonds is 5. The Morgan fingerprint density at radius 3 is 2.64 bits per heavy atom. The van der Waals surface area contributed by atoms with Gasteiger partial charge in [-0.1, -0.05) is 42.8 Å². The Morgan fingerprint density at radius 2 is 2.05 bits per heavy atom. The summed E-state index contributed by atoms with van der Waals surface area (Å²) in [5, 5.41) is 1.53. The third-order valence-electron chi connectivity index (χ3n) is 3.38. The van der Waals surface area contributed by atoms with E-state index in [1.54, 1.807) is 12.3 Å². The van der Waals surface area contributed by atoms with Gasteiger partial charge >= 0.3 is 0 Å². The Kier molecular flexibility index (Phi) is 5.32. The number of pyridine rings is 1. The summed E-state index contributed by atoms with van der Waals surface area (Å²) >= 11 is 12.6. The van der Waals surface area contributed by atoms with Crippen LogP contribution in [0, 0.1) is 0 Å². The van der Waals surface area contributed by atoms with E-state index in [0.717, 1.165) is 6.04 Å². The van der Waals surface area contributed by atoms with Gasteiger partial charge in [0, 0.05) is 27.8 Å².